The van der Waals surface area contributed by atoms with Crippen molar-refractivity contribution < 1.29 is 8.78 Å². The van der Waals surface area contributed by atoms with Crippen LogP contribution in [0, 0.1) is 11.6 Å². The second-order valence-corrected chi connectivity index (χ2v) is 4.80. The lowest BCUT2D eigenvalue weighted by molar-refractivity contribution is 0.508. The van der Waals surface area contributed by atoms with Crippen LogP contribution in [0.3, 0.4) is 0 Å². The van der Waals surface area contributed by atoms with Crippen molar-refractivity contribution in [2.24, 2.45) is 5.73 Å². The van der Waals surface area contributed by atoms with E-state index >= 15 is 0 Å². The lowest BCUT2D eigenvalue weighted by Gasteiger charge is -2.15. The molecule has 2 nitrogen and oxygen atoms in total. The lowest BCUT2D eigenvalue weighted by atomic mass is 10.1. The van der Waals surface area contributed by atoms with Crippen molar-refractivity contribution in [3.63, 3.8) is 0 Å². The number of halogens is 2. The molecular weight excluding hydrogens is 246 g/mol. The zero-order chi connectivity index (χ0) is 13.4. The van der Waals surface area contributed by atoms with E-state index in [0.29, 0.717) is 5.69 Å². The SMILES string of the molecule is NC1CC(Nc2ccc(F)c(F)c2)c2ccccc21. The molecule has 2 atom stereocenters. The third-order valence-electron chi connectivity index (χ3n) is 3.52. The van der Waals surface area contributed by atoms with E-state index in [2.05, 4.69) is 5.32 Å². The first kappa shape index (κ1) is 12.1. The number of hydrogen-bond donors (Lipinski definition) is 2. The van der Waals surface area contributed by atoms with Gasteiger partial charge in [-0.1, -0.05) is 24.3 Å². The average molecular weight is 260 g/mol. The zero-order valence-corrected chi connectivity index (χ0v) is 10.2. The highest BCUT2D eigenvalue weighted by Gasteiger charge is 2.28. The zero-order valence-electron chi connectivity index (χ0n) is 10.2. The molecule has 2 unspecified atom stereocenters. The summed E-state index contributed by atoms with van der Waals surface area (Å²) in [6, 6.07) is 11.8. The van der Waals surface area contributed by atoms with Crippen LogP contribution in [0.15, 0.2) is 42.5 Å². The fourth-order valence-corrected chi connectivity index (χ4v) is 2.60. The maximum Gasteiger partial charge on any atom is 0.160 e. The van der Waals surface area contributed by atoms with Crippen molar-refractivity contribution >= 4 is 5.69 Å². The van der Waals surface area contributed by atoms with Crippen molar-refractivity contribution in [1.82, 2.24) is 0 Å². The molecule has 3 rings (SSSR count). The summed E-state index contributed by atoms with van der Waals surface area (Å²) >= 11 is 0. The molecule has 0 radical (unpaired) electrons. The highest BCUT2D eigenvalue weighted by atomic mass is 19.2. The molecule has 2 aromatic rings. The highest BCUT2D eigenvalue weighted by molar-refractivity contribution is 5.49. The minimum atomic E-state index is -0.847. The molecule has 0 bridgehead atoms. The van der Waals surface area contributed by atoms with Crippen LogP contribution in [0.4, 0.5) is 14.5 Å². The first-order valence-electron chi connectivity index (χ1n) is 6.21. The summed E-state index contributed by atoms with van der Waals surface area (Å²) in [5.74, 6) is -1.69. The predicted octanol–water partition coefficient (Wildman–Crippen LogP) is 3.52. The van der Waals surface area contributed by atoms with Gasteiger partial charge in [-0.15, -0.1) is 0 Å². The molecule has 0 fully saturated rings. The minimum Gasteiger partial charge on any atom is -0.378 e. The van der Waals surface area contributed by atoms with E-state index < -0.39 is 11.6 Å². The van der Waals surface area contributed by atoms with Crippen molar-refractivity contribution in [3.05, 3.63) is 65.2 Å². The summed E-state index contributed by atoms with van der Waals surface area (Å²) in [7, 11) is 0. The summed E-state index contributed by atoms with van der Waals surface area (Å²) in [5, 5.41) is 3.21. The normalized spacial score (nSPS) is 21.2. The van der Waals surface area contributed by atoms with Gasteiger partial charge in [0, 0.05) is 17.8 Å². The van der Waals surface area contributed by atoms with Crippen LogP contribution in [0.2, 0.25) is 0 Å². The monoisotopic (exact) mass is 260 g/mol. The van der Waals surface area contributed by atoms with Crippen LogP contribution in [0.5, 0.6) is 0 Å². The van der Waals surface area contributed by atoms with Gasteiger partial charge in [-0.3, -0.25) is 0 Å². The van der Waals surface area contributed by atoms with Crippen molar-refractivity contribution in [2.45, 2.75) is 18.5 Å². The summed E-state index contributed by atoms with van der Waals surface area (Å²) in [4.78, 5) is 0. The van der Waals surface area contributed by atoms with Crippen LogP contribution in [0.25, 0.3) is 0 Å². The second-order valence-electron chi connectivity index (χ2n) is 4.80. The van der Waals surface area contributed by atoms with Gasteiger partial charge >= 0.3 is 0 Å². The third kappa shape index (κ3) is 2.19. The fourth-order valence-electron chi connectivity index (χ4n) is 2.60. The molecular formula is C15H14F2N2. The molecule has 0 saturated carbocycles. The first-order chi connectivity index (χ1) is 9.15. The van der Waals surface area contributed by atoms with Gasteiger partial charge in [-0.2, -0.15) is 0 Å². The Bertz CT molecular complexity index is 613. The molecule has 0 aromatic heterocycles. The van der Waals surface area contributed by atoms with E-state index in [1.807, 2.05) is 24.3 Å². The average Bonchev–Trinajstić information content (AvgIpc) is 2.72. The largest absolute Gasteiger partial charge is 0.378 e. The minimum absolute atomic E-state index is 0.0148. The van der Waals surface area contributed by atoms with E-state index in [-0.39, 0.29) is 12.1 Å². The Kier molecular flexibility index (Phi) is 2.95. The van der Waals surface area contributed by atoms with Crippen LogP contribution in [-0.2, 0) is 0 Å². The maximum absolute atomic E-state index is 13.2. The van der Waals surface area contributed by atoms with Crippen molar-refractivity contribution in [2.75, 3.05) is 5.32 Å². The Hall–Kier alpha value is -1.94. The van der Waals surface area contributed by atoms with Crippen LogP contribution < -0.4 is 11.1 Å². The van der Waals surface area contributed by atoms with E-state index in [1.54, 1.807) is 0 Å². The Labute approximate surface area is 110 Å². The number of fused-ring (bicyclic) bond motifs is 1. The Balaban J connectivity index is 1.87. The van der Waals surface area contributed by atoms with Crippen LogP contribution in [0.1, 0.15) is 29.6 Å². The standard InChI is InChI=1S/C15H14F2N2/c16-12-6-5-9(7-13(12)17)19-15-8-14(18)10-3-1-2-4-11(10)15/h1-7,14-15,19H,8,18H2. The van der Waals surface area contributed by atoms with Gasteiger partial charge in [0.25, 0.3) is 0 Å². The van der Waals surface area contributed by atoms with Gasteiger partial charge in [-0.05, 0) is 29.7 Å². The Morgan fingerprint density at radius 2 is 1.74 bits per heavy atom. The Morgan fingerprint density at radius 3 is 2.47 bits per heavy atom. The molecule has 0 aliphatic heterocycles. The molecule has 19 heavy (non-hydrogen) atoms. The molecule has 0 saturated heterocycles. The van der Waals surface area contributed by atoms with Gasteiger partial charge in [0.1, 0.15) is 0 Å². The van der Waals surface area contributed by atoms with E-state index in [9.17, 15) is 8.78 Å². The Morgan fingerprint density at radius 1 is 1.00 bits per heavy atom. The summed E-state index contributed by atoms with van der Waals surface area (Å²) < 4.78 is 26.1. The van der Waals surface area contributed by atoms with E-state index in [0.717, 1.165) is 23.6 Å². The highest BCUT2D eigenvalue weighted by Crippen LogP contribution is 2.39. The molecule has 0 amide bonds. The number of hydrogen-bond acceptors (Lipinski definition) is 2. The number of benzene rings is 2. The topological polar surface area (TPSA) is 38.0 Å². The molecule has 0 spiro atoms. The lowest BCUT2D eigenvalue weighted by Crippen LogP contribution is -2.10. The van der Waals surface area contributed by atoms with Crippen LogP contribution >= 0.6 is 0 Å². The smallest absolute Gasteiger partial charge is 0.160 e. The molecule has 98 valence electrons. The van der Waals surface area contributed by atoms with Gasteiger partial charge in [0.15, 0.2) is 11.6 Å². The molecule has 1 aliphatic rings. The summed E-state index contributed by atoms with van der Waals surface area (Å²) in [6.07, 6.45) is 0.748. The molecule has 2 aromatic carbocycles. The number of nitrogens with one attached hydrogen (secondary N) is 1. The number of rotatable bonds is 2. The predicted molar refractivity (Wildman–Crippen MR) is 70.7 cm³/mol. The summed E-state index contributed by atoms with van der Waals surface area (Å²) in [5.41, 5.74) is 8.87. The van der Waals surface area contributed by atoms with Gasteiger partial charge < -0.3 is 11.1 Å². The number of nitrogens with two attached hydrogens (primary N) is 1. The fraction of sp³-hybridized carbons (Fsp3) is 0.200. The molecule has 1 aliphatic carbocycles. The quantitative estimate of drug-likeness (QED) is 0.867. The second kappa shape index (κ2) is 4.63. The molecule has 4 heteroatoms. The van der Waals surface area contributed by atoms with Crippen molar-refractivity contribution in [3.8, 4) is 0 Å². The van der Waals surface area contributed by atoms with Crippen molar-refractivity contribution in [1.29, 1.82) is 0 Å². The van der Waals surface area contributed by atoms with E-state index in [1.165, 1.54) is 12.1 Å². The molecule has 0 heterocycles. The maximum atomic E-state index is 13.2. The third-order valence-corrected chi connectivity index (χ3v) is 3.52. The van der Waals surface area contributed by atoms with Gasteiger partial charge in [0.2, 0.25) is 0 Å². The van der Waals surface area contributed by atoms with Gasteiger partial charge in [0.05, 0.1) is 6.04 Å². The van der Waals surface area contributed by atoms with E-state index in [4.69, 9.17) is 5.73 Å². The molecule has 3 N–H and O–H groups in total. The van der Waals surface area contributed by atoms with Gasteiger partial charge in [-0.25, -0.2) is 8.78 Å². The number of anilines is 1. The van der Waals surface area contributed by atoms with Crippen LogP contribution in [-0.4, -0.2) is 0 Å². The first-order valence-corrected chi connectivity index (χ1v) is 6.21. The summed E-state index contributed by atoms with van der Waals surface area (Å²) in [6.45, 7) is 0.